The van der Waals surface area contributed by atoms with Crippen molar-refractivity contribution in [3.05, 3.63) is 38.9 Å². The molecule has 30 heavy (non-hydrogen) atoms. The van der Waals surface area contributed by atoms with Crippen LogP contribution in [0, 0.1) is 0 Å². The third-order valence-electron chi connectivity index (χ3n) is 5.02. The summed E-state index contributed by atoms with van der Waals surface area (Å²) in [5.74, 6) is 0.136. The van der Waals surface area contributed by atoms with E-state index in [1.807, 2.05) is 18.4 Å². The lowest BCUT2D eigenvalue weighted by molar-refractivity contribution is 0.0524. The van der Waals surface area contributed by atoms with Crippen molar-refractivity contribution in [3.63, 3.8) is 0 Å². The maximum absolute atomic E-state index is 12.9. The number of carbonyl (C=O) groups excluding carboxylic acids is 1. The zero-order valence-electron chi connectivity index (χ0n) is 16.8. The molecule has 3 aromatic rings. The molecule has 1 saturated carbocycles. The van der Waals surface area contributed by atoms with Gasteiger partial charge >= 0.3 is 5.97 Å². The van der Waals surface area contributed by atoms with Crippen LogP contribution >= 0.6 is 11.6 Å². The van der Waals surface area contributed by atoms with E-state index in [-0.39, 0.29) is 35.8 Å². The second-order valence-corrected chi connectivity index (χ2v) is 7.66. The topological polar surface area (TPSA) is 132 Å². The fraction of sp³-hybridized carbons (Fsp3) is 0.474. The van der Waals surface area contributed by atoms with Gasteiger partial charge in [0.1, 0.15) is 28.4 Å². The van der Waals surface area contributed by atoms with Gasteiger partial charge in [-0.1, -0.05) is 21.9 Å². The zero-order valence-corrected chi connectivity index (χ0v) is 17.5. The summed E-state index contributed by atoms with van der Waals surface area (Å²) in [7, 11) is 0. The van der Waals surface area contributed by atoms with E-state index < -0.39 is 5.97 Å². The maximum atomic E-state index is 12.9. The molecule has 0 radical (unpaired) electrons. The second kappa shape index (κ2) is 7.97. The molecule has 0 aromatic carbocycles. The first-order valence-electron chi connectivity index (χ1n) is 9.70. The summed E-state index contributed by atoms with van der Waals surface area (Å²) in [5.41, 5.74) is 11.2. The van der Waals surface area contributed by atoms with Crippen LogP contribution in [0.15, 0.2) is 16.0 Å². The molecule has 0 N–H and O–H groups in total. The van der Waals surface area contributed by atoms with Gasteiger partial charge in [-0.15, -0.1) is 0 Å². The van der Waals surface area contributed by atoms with E-state index >= 15 is 0 Å². The number of fused-ring (bicyclic) bond motifs is 1. The molecule has 0 unspecified atom stereocenters. The summed E-state index contributed by atoms with van der Waals surface area (Å²) in [6, 6.07) is -0.0306. The fourth-order valence-electron chi connectivity index (χ4n) is 3.71. The Labute approximate surface area is 176 Å². The first-order chi connectivity index (χ1) is 14.5. The average molecular weight is 430 g/mol. The van der Waals surface area contributed by atoms with Crippen molar-refractivity contribution in [1.29, 1.82) is 0 Å². The van der Waals surface area contributed by atoms with Crippen LogP contribution < -0.4 is 0 Å². The lowest BCUT2D eigenvalue weighted by Gasteiger charge is -2.13. The molecule has 1 aliphatic carbocycles. The second-order valence-electron chi connectivity index (χ2n) is 7.30. The Morgan fingerprint density at radius 1 is 1.47 bits per heavy atom. The van der Waals surface area contributed by atoms with Crippen molar-refractivity contribution in [1.82, 2.24) is 19.7 Å². The van der Waals surface area contributed by atoms with Gasteiger partial charge in [0.25, 0.3) is 0 Å². The lowest BCUT2D eigenvalue weighted by Crippen LogP contribution is -2.09. The molecule has 0 saturated heterocycles. The van der Waals surface area contributed by atoms with Crippen LogP contribution in [-0.2, 0) is 11.3 Å². The van der Waals surface area contributed by atoms with Crippen molar-refractivity contribution in [2.45, 2.75) is 52.1 Å². The van der Waals surface area contributed by atoms with Crippen LogP contribution in [-0.4, -0.2) is 32.3 Å². The number of hydrogen-bond acceptors (Lipinski definition) is 7. The monoisotopic (exact) mass is 429 g/mol. The molecule has 10 nitrogen and oxygen atoms in total. The van der Waals surface area contributed by atoms with Crippen LogP contribution in [0.1, 0.15) is 67.4 Å². The highest BCUT2D eigenvalue weighted by Crippen LogP contribution is 2.47. The number of halogens is 1. The predicted octanol–water partition coefficient (Wildman–Crippen LogP) is 5.19. The quantitative estimate of drug-likeness (QED) is 0.167. The molecule has 3 heterocycles. The van der Waals surface area contributed by atoms with Gasteiger partial charge in [-0.3, -0.25) is 0 Å². The lowest BCUT2D eigenvalue weighted by atomic mass is 10.0. The smallest absolute Gasteiger partial charge is 0.344 e. The van der Waals surface area contributed by atoms with Crippen molar-refractivity contribution >= 4 is 28.6 Å². The molecular weight excluding hydrogens is 410 g/mol. The standard InChI is InChI=1S/C19H20ClN7O3/c1-4-29-19(28)14-15(25-30-16(14)10-5-6-10)12-11(7-24-26-21)27(9(2)3)18-13(12)17(20)22-8-23-18/h8-10H,4-7H2,1-3H3. The number of ether oxygens (including phenoxy) is 1. The van der Waals surface area contributed by atoms with Crippen LogP contribution in [0.2, 0.25) is 5.15 Å². The number of nitrogens with zero attached hydrogens (tertiary/aromatic N) is 7. The van der Waals surface area contributed by atoms with Gasteiger partial charge in [-0.05, 0) is 39.1 Å². The third-order valence-corrected chi connectivity index (χ3v) is 5.31. The van der Waals surface area contributed by atoms with E-state index in [0.717, 1.165) is 12.8 Å². The first-order valence-corrected chi connectivity index (χ1v) is 10.1. The molecule has 1 aliphatic rings. The number of azide groups is 1. The fourth-order valence-corrected chi connectivity index (χ4v) is 3.93. The molecule has 11 heteroatoms. The third kappa shape index (κ3) is 3.28. The molecule has 1 fully saturated rings. The van der Waals surface area contributed by atoms with Crippen molar-refractivity contribution in [2.75, 3.05) is 6.61 Å². The average Bonchev–Trinajstić information content (AvgIpc) is 3.36. The Morgan fingerprint density at radius 3 is 2.87 bits per heavy atom. The normalized spacial score (nSPS) is 13.6. The minimum atomic E-state index is -0.510. The number of aromatic nitrogens is 4. The van der Waals surface area contributed by atoms with Crippen molar-refractivity contribution in [2.24, 2.45) is 5.11 Å². The van der Waals surface area contributed by atoms with Crippen LogP contribution in [0.25, 0.3) is 32.7 Å². The highest BCUT2D eigenvalue weighted by molar-refractivity contribution is 6.35. The Bertz CT molecular complexity index is 1170. The molecule has 0 amide bonds. The summed E-state index contributed by atoms with van der Waals surface area (Å²) in [6.07, 6.45) is 3.21. The van der Waals surface area contributed by atoms with E-state index in [4.69, 9.17) is 26.4 Å². The summed E-state index contributed by atoms with van der Waals surface area (Å²) in [5, 5.41) is 8.74. The summed E-state index contributed by atoms with van der Waals surface area (Å²) in [6.45, 7) is 5.93. The zero-order chi connectivity index (χ0) is 21.4. The van der Waals surface area contributed by atoms with Gasteiger partial charge in [0.05, 0.1) is 18.5 Å². The number of hydrogen-bond donors (Lipinski definition) is 0. The van der Waals surface area contributed by atoms with E-state index in [9.17, 15) is 4.79 Å². The molecular formula is C19H20ClN7O3. The van der Waals surface area contributed by atoms with Gasteiger partial charge in [0, 0.05) is 28.1 Å². The molecule has 4 rings (SSSR count). The van der Waals surface area contributed by atoms with E-state index in [0.29, 0.717) is 33.7 Å². The van der Waals surface area contributed by atoms with Crippen molar-refractivity contribution in [3.8, 4) is 11.3 Å². The van der Waals surface area contributed by atoms with E-state index in [1.54, 1.807) is 6.92 Å². The summed E-state index contributed by atoms with van der Waals surface area (Å²) >= 11 is 6.47. The van der Waals surface area contributed by atoms with Crippen LogP contribution in [0.3, 0.4) is 0 Å². The first kappa shape index (κ1) is 20.2. The van der Waals surface area contributed by atoms with Gasteiger partial charge < -0.3 is 13.8 Å². The summed E-state index contributed by atoms with van der Waals surface area (Å²) < 4.78 is 12.8. The molecule has 0 bridgehead atoms. The Hall–Kier alpha value is -3.10. The van der Waals surface area contributed by atoms with Crippen LogP contribution in [0.4, 0.5) is 0 Å². The SMILES string of the molecule is CCOC(=O)c1c(-c2c(CN=[N+]=[N-])n(C(C)C)c3ncnc(Cl)c23)noc1C1CC1. The van der Waals surface area contributed by atoms with Gasteiger partial charge in [-0.25, -0.2) is 14.8 Å². The molecule has 0 spiro atoms. The van der Waals surface area contributed by atoms with Gasteiger partial charge in [0.2, 0.25) is 0 Å². The van der Waals surface area contributed by atoms with Gasteiger partial charge in [-0.2, -0.15) is 0 Å². The van der Waals surface area contributed by atoms with E-state index in [1.165, 1.54) is 6.33 Å². The van der Waals surface area contributed by atoms with Gasteiger partial charge in [0.15, 0.2) is 5.76 Å². The van der Waals surface area contributed by atoms with Crippen molar-refractivity contribution < 1.29 is 14.1 Å². The number of esters is 1. The summed E-state index contributed by atoms with van der Waals surface area (Å²) in [4.78, 5) is 24.3. The minimum Gasteiger partial charge on any atom is -0.462 e. The largest absolute Gasteiger partial charge is 0.462 e. The Balaban J connectivity index is 2.08. The minimum absolute atomic E-state index is 0.0184. The molecule has 0 atom stereocenters. The van der Waals surface area contributed by atoms with Crippen LogP contribution in [0.5, 0.6) is 0 Å². The van der Waals surface area contributed by atoms with E-state index in [2.05, 4.69) is 25.2 Å². The molecule has 0 aliphatic heterocycles. The Kier molecular flexibility index (Phi) is 5.36. The highest BCUT2D eigenvalue weighted by atomic mass is 35.5. The highest BCUT2D eigenvalue weighted by Gasteiger charge is 2.38. The molecule has 3 aromatic heterocycles. The Morgan fingerprint density at radius 2 is 2.23 bits per heavy atom. The number of carbonyl (C=O) groups is 1. The number of rotatable bonds is 7. The predicted molar refractivity (Wildman–Crippen MR) is 109 cm³/mol. The maximum Gasteiger partial charge on any atom is 0.344 e. The molecule has 156 valence electrons.